The van der Waals surface area contributed by atoms with E-state index >= 15 is 0 Å². The highest BCUT2D eigenvalue weighted by Crippen LogP contribution is 2.28. The van der Waals surface area contributed by atoms with Gasteiger partial charge in [-0.15, -0.1) is 0 Å². The number of rotatable bonds is 8. The molecule has 0 bridgehead atoms. The van der Waals surface area contributed by atoms with Crippen molar-refractivity contribution in [2.24, 2.45) is 0 Å². The second-order valence-electron chi connectivity index (χ2n) is 8.71. The minimum atomic E-state index is -0.138. The fourth-order valence-electron chi connectivity index (χ4n) is 4.53. The lowest BCUT2D eigenvalue weighted by molar-refractivity contribution is 0.0963. The quantitative estimate of drug-likeness (QED) is 0.335. The van der Waals surface area contributed by atoms with Gasteiger partial charge in [0.05, 0.1) is 11.0 Å². The maximum absolute atomic E-state index is 12.3. The van der Waals surface area contributed by atoms with E-state index in [0.717, 1.165) is 58.0 Å². The van der Waals surface area contributed by atoms with Gasteiger partial charge in [-0.05, 0) is 61.4 Å². The number of pyridine rings is 1. The number of carbonyl (C=O) groups is 1. The van der Waals surface area contributed by atoms with E-state index < -0.39 is 0 Å². The van der Waals surface area contributed by atoms with Gasteiger partial charge in [-0.1, -0.05) is 18.2 Å². The Morgan fingerprint density at radius 2 is 1.73 bits per heavy atom. The average molecular weight is 492 g/mol. The summed E-state index contributed by atoms with van der Waals surface area (Å²) >= 11 is 0. The molecule has 1 amide bonds. The molecule has 3 aromatic heterocycles. The Kier molecular flexibility index (Phi) is 6.89. The lowest BCUT2D eigenvalue weighted by Gasteiger charge is -2.19. The molecule has 0 spiro atoms. The zero-order valence-electron chi connectivity index (χ0n) is 21.2. The van der Waals surface area contributed by atoms with Crippen LogP contribution < -0.4 is 10.2 Å². The molecule has 0 unspecified atom stereocenters. The van der Waals surface area contributed by atoms with Crippen molar-refractivity contribution in [2.45, 2.75) is 20.4 Å². The van der Waals surface area contributed by atoms with Crippen LogP contribution in [0.1, 0.15) is 29.8 Å². The third kappa shape index (κ3) is 4.91. The molecule has 0 saturated heterocycles. The van der Waals surface area contributed by atoms with Gasteiger partial charge in [0.25, 0.3) is 5.91 Å². The van der Waals surface area contributed by atoms with Crippen LogP contribution in [0.4, 0.5) is 5.82 Å². The number of imidazole rings is 1. The predicted molar refractivity (Wildman–Crippen MR) is 146 cm³/mol. The Bertz CT molecular complexity index is 1520. The van der Waals surface area contributed by atoms with Gasteiger partial charge in [0.15, 0.2) is 0 Å². The first-order valence-electron chi connectivity index (χ1n) is 12.4. The standard InChI is InChI=1S/C29H29N7O/c1-4-35(5-2)27-12-10-23(17-33-27)28-34-25-14-22(29(37)30-3)9-11-26(25)36(28)18-20-7-6-8-21(13-20)24-15-31-19-32-16-24/h6-17,19H,4-5,18H2,1-3H3,(H,30,37). The number of hydrogen-bond acceptors (Lipinski definition) is 6. The molecule has 5 aromatic rings. The summed E-state index contributed by atoms with van der Waals surface area (Å²) in [6.07, 6.45) is 7.04. The number of benzene rings is 2. The molecular weight excluding hydrogens is 462 g/mol. The highest BCUT2D eigenvalue weighted by Gasteiger charge is 2.16. The van der Waals surface area contributed by atoms with Crippen molar-refractivity contribution in [1.82, 2.24) is 29.8 Å². The van der Waals surface area contributed by atoms with Crippen molar-refractivity contribution < 1.29 is 4.79 Å². The second-order valence-corrected chi connectivity index (χ2v) is 8.71. The summed E-state index contributed by atoms with van der Waals surface area (Å²) in [5, 5.41) is 2.69. The highest BCUT2D eigenvalue weighted by molar-refractivity contribution is 5.97. The second kappa shape index (κ2) is 10.6. The molecule has 8 nitrogen and oxygen atoms in total. The van der Waals surface area contributed by atoms with Crippen LogP contribution in [-0.2, 0) is 6.54 Å². The fourth-order valence-corrected chi connectivity index (χ4v) is 4.53. The Hall–Kier alpha value is -4.59. The lowest BCUT2D eigenvalue weighted by atomic mass is 10.1. The summed E-state index contributed by atoms with van der Waals surface area (Å²) in [7, 11) is 1.63. The van der Waals surface area contributed by atoms with Gasteiger partial charge in [0, 0.05) is 62.0 Å². The third-order valence-corrected chi connectivity index (χ3v) is 6.49. The molecule has 2 aromatic carbocycles. The van der Waals surface area contributed by atoms with E-state index in [1.807, 2.05) is 48.9 Å². The van der Waals surface area contributed by atoms with E-state index in [0.29, 0.717) is 12.1 Å². The number of aromatic nitrogens is 5. The smallest absolute Gasteiger partial charge is 0.251 e. The molecule has 0 aliphatic rings. The molecule has 186 valence electrons. The number of nitrogens with zero attached hydrogens (tertiary/aromatic N) is 6. The molecule has 0 radical (unpaired) electrons. The van der Waals surface area contributed by atoms with E-state index in [2.05, 4.69) is 62.9 Å². The molecular formula is C29H29N7O. The number of carbonyl (C=O) groups excluding carboxylic acids is 1. The van der Waals surface area contributed by atoms with Gasteiger partial charge in [0.1, 0.15) is 18.0 Å². The monoisotopic (exact) mass is 491 g/mol. The number of fused-ring (bicyclic) bond motifs is 1. The zero-order chi connectivity index (χ0) is 25.8. The van der Waals surface area contributed by atoms with Gasteiger partial charge >= 0.3 is 0 Å². The number of amides is 1. The first kappa shape index (κ1) is 24.1. The molecule has 0 fully saturated rings. The Balaban J connectivity index is 1.59. The van der Waals surface area contributed by atoms with E-state index in [-0.39, 0.29) is 5.91 Å². The molecule has 1 N–H and O–H groups in total. The SMILES string of the molecule is CCN(CC)c1ccc(-c2nc3cc(C(=O)NC)ccc3n2Cc2cccc(-c3cncnc3)c2)cn1. The lowest BCUT2D eigenvalue weighted by Crippen LogP contribution is -2.22. The van der Waals surface area contributed by atoms with Crippen molar-refractivity contribution in [3.63, 3.8) is 0 Å². The minimum absolute atomic E-state index is 0.138. The molecule has 0 saturated carbocycles. The third-order valence-electron chi connectivity index (χ3n) is 6.49. The van der Waals surface area contributed by atoms with Crippen LogP contribution in [0.2, 0.25) is 0 Å². The summed E-state index contributed by atoms with van der Waals surface area (Å²) in [5.41, 5.74) is 6.33. The van der Waals surface area contributed by atoms with Gasteiger partial charge in [-0.2, -0.15) is 0 Å². The van der Waals surface area contributed by atoms with Crippen LogP contribution in [0, 0.1) is 0 Å². The molecule has 3 heterocycles. The Labute approximate surface area is 216 Å². The van der Waals surface area contributed by atoms with Crippen molar-refractivity contribution in [3.05, 3.63) is 90.6 Å². The number of hydrogen-bond donors (Lipinski definition) is 1. The van der Waals surface area contributed by atoms with Crippen LogP contribution in [-0.4, -0.2) is 50.5 Å². The van der Waals surface area contributed by atoms with E-state index in [4.69, 9.17) is 9.97 Å². The normalized spacial score (nSPS) is 11.0. The zero-order valence-corrected chi connectivity index (χ0v) is 21.2. The Morgan fingerprint density at radius 1 is 0.919 bits per heavy atom. The van der Waals surface area contributed by atoms with Crippen molar-refractivity contribution in [2.75, 3.05) is 25.0 Å². The van der Waals surface area contributed by atoms with Gasteiger partial charge in [-0.3, -0.25) is 4.79 Å². The largest absolute Gasteiger partial charge is 0.357 e. The number of anilines is 1. The summed E-state index contributed by atoms with van der Waals surface area (Å²) in [6.45, 7) is 6.64. The summed E-state index contributed by atoms with van der Waals surface area (Å²) in [4.78, 5) is 32.5. The predicted octanol–water partition coefficient (Wildman–Crippen LogP) is 4.81. The molecule has 0 aliphatic carbocycles. The first-order chi connectivity index (χ1) is 18.1. The maximum Gasteiger partial charge on any atom is 0.251 e. The van der Waals surface area contributed by atoms with Crippen LogP contribution in [0.3, 0.4) is 0 Å². The fraction of sp³-hybridized carbons (Fsp3) is 0.207. The average Bonchev–Trinajstić information content (AvgIpc) is 3.31. The minimum Gasteiger partial charge on any atom is -0.357 e. The highest BCUT2D eigenvalue weighted by atomic mass is 16.1. The first-order valence-corrected chi connectivity index (χ1v) is 12.4. The molecule has 8 heteroatoms. The molecule has 0 aliphatic heterocycles. The van der Waals surface area contributed by atoms with Gasteiger partial charge in [-0.25, -0.2) is 19.9 Å². The molecule has 0 atom stereocenters. The molecule has 5 rings (SSSR count). The van der Waals surface area contributed by atoms with Crippen LogP contribution >= 0.6 is 0 Å². The summed E-state index contributed by atoms with van der Waals surface area (Å²) < 4.78 is 2.18. The van der Waals surface area contributed by atoms with E-state index in [9.17, 15) is 4.79 Å². The van der Waals surface area contributed by atoms with E-state index in [1.165, 1.54) is 6.33 Å². The van der Waals surface area contributed by atoms with Crippen molar-refractivity contribution >= 4 is 22.8 Å². The Morgan fingerprint density at radius 3 is 2.43 bits per heavy atom. The maximum atomic E-state index is 12.3. The van der Waals surface area contributed by atoms with Gasteiger partial charge in [0.2, 0.25) is 0 Å². The van der Waals surface area contributed by atoms with Gasteiger partial charge < -0.3 is 14.8 Å². The van der Waals surface area contributed by atoms with Crippen LogP contribution in [0.15, 0.2) is 79.5 Å². The van der Waals surface area contributed by atoms with Crippen LogP contribution in [0.5, 0.6) is 0 Å². The van der Waals surface area contributed by atoms with Crippen LogP contribution in [0.25, 0.3) is 33.5 Å². The number of nitrogens with one attached hydrogen (secondary N) is 1. The van der Waals surface area contributed by atoms with Crippen molar-refractivity contribution in [1.29, 1.82) is 0 Å². The van der Waals surface area contributed by atoms with Crippen molar-refractivity contribution in [3.8, 4) is 22.5 Å². The topological polar surface area (TPSA) is 88.8 Å². The summed E-state index contributed by atoms with van der Waals surface area (Å²) in [5.74, 6) is 1.60. The van der Waals surface area contributed by atoms with E-state index in [1.54, 1.807) is 7.05 Å². The summed E-state index contributed by atoms with van der Waals surface area (Å²) in [6, 6.07) is 18.1. The molecule has 37 heavy (non-hydrogen) atoms.